The van der Waals surface area contributed by atoms with Crippen molar-refractivity contribution < 1.29 is 14.3 Å². The number of likely N-dealkylation sites (tertiary alicyclic amines) is 1. The summed E-state index contributed by atoms with van der Waals surface area (Å²) in [6.45, 7) is 3.71. The molecule has 0 aliphatic carbocycles. The molecule has 1 aromatic rings. The first kappa shape index (κ1) is 13.9. The third-order valence-electron chi connectivity index (χ3n) is 3.28. The quantitative estimate of drug-likeness (QED) is 0.766. The van der Waals surface area contributed by atoms with Crippen LogP contribution in [-0.2, 0) is 16.1 Å². The van der Waals surface area contributed by atoms with E-state index in [1.165, 1.54) is 19.3 Å². The van der Waals surface area contributed by atoms with E-state index >= 15 is 0 Å². The number of hydrogen-bond acceptors (Lipinski definition) is 4. The van der Waals surface area contributed by atoms with E-state index in [0.717, 1.165) is 25.2 Å². The van der Waals surface area contributed by atoms with Crippen molar-refractivity contribution in [2.24, 2.45) is 0 Å². The molecule has 1 fully saturated rings. The molecule has 2 rings (SSSR count). The SMILES string of the molecule is O=C(OCCN1CCCCC1)OCc1ccccc1. The first-order valence-corrected chi connectivity index (χ1v) is 6.90. The number of ether oxygens (including phenoxy) is 2. The van der Waals surface area contributed by atoms with Gasteiger partial charge in [0.1, 0.15) is 13.2 Å². The van der Waals surface area contributed by atoms with Gasteiger partial charge in [-0.2, -0.15) is 0 Å². The van der Waals surface area contributed by atoms with Crippen molar-refractivity contribution in [3.63, 3.8) is 0 Å². The maximum absolute atomic E-state index is 11.4. The van der Waals surface area contributed by atoms with Crippen molar-refractivity contribution in [1.29, 1.82) is 0 Å². The maximum atomic E-state index is 11.4. The summed E-state index contributed by atoms with van der Waals surface area (Å²) >= 11 is 0. The average Bonchev–Trinajstić information content (AvgIpc) is 2.47. The lowest BCUT2D eigenvalue weighted by Gasteiger charge is -2.25. The molecule has 0 atom stereocenters. The molecule has 0 aromatic heterocycles. The number of carbonyl (C=O) groups excluding carboxylic acids is 1. The molecule has 0 bridgehead atoms. The van der Waals surface area contributed by atoms with Crippen LogP contribution < -0.4 is 0 Å². The van der Waals surface area contributed by atoms with Crippen LogP contribution in [0.1, 0.15) is 24.8 Å². The fourth-order valence-corrected chi connectivity index (χ4v) is 2.20. The molecule has 0 saturated carbocycles. The summed E-state index contributed by atoms with van der Waals surface area (Å²) in [5.41, 5.74) is 0.968. The lowest BCUT2D eigenvalue weighted by molar-refractivity contribution is 0.0415. The van der Waals surface area contributed by atoms with E-state index in [4.69, 9.17) is 9.47 Å². The van der Waals surface area contributed by atoms with Gasteiger partial charge in [0.2, 0.25) is 0 Å². The van der Waals surface area contributed by atoms with Gasteiger partial charge in [0.05, 0.1) is 0 Å². The number of carbonyl (C=O) groups is 1. The Hall–Kier alpha value is -1.55. The molecule has 1 aromatic carbocycles. The van der Waals surface area contributed by atoms with E-state index in [9.17, 15) is 4.79 Å². The second-order valence-corrected chi connectivity index (χ2v) is 4.78. The number of rotatable bonds is 5. The van der Waals surface area contributed by atoms with Gasteiger partial charge in [-0.05, 0) is 31.5 Å². The highest BCUT2D eigenvalue weighted by atomic mass is 16.7. The molecule has 4 nitrogen and oxygen atoms in total. The molecular formula is C15H21NO3. The summed E-state index contributed by atoms with van der Waals surface area (Å²) in [4.78, 5) is 13.7. The molecular weight excluding hydrogens is 242 g/mol. The molecule has 0 spiro atoms. The molecule has 1 saturated heterocycles. The van der Waals surface area contributed by atoms with Crippen LogP contribution in [0.3, 0.4) is 0 Å². The molecule has 104 valence electrons. The Morgan fingerprint density at radius 3 is 2.53 bits per heavy atom. The summed E-state index contributed by atoms with van der Waals surface area (Å²) in [5.74, 6) is 0. The Bertz CT molecular complexity index is 374. The van der Waals surface area contributed by atoms with Crippen molar-refractivity contribution in [1.82, 2.24) is 4.90 Å². The molecule has 0 N–H and O–H groups in total. The second-order valence-electron chi connectivity index (χ2n) is 4.78. The maximum Gasteiger partial charge on any atom is 0.508 e. The van der Waals surface area contributed by atoms with Crippen LogP contribution >= 0.6 is 0 Å². The van der Waals surface area contributed by atoms with E-state index < -0.39 is 6.16 Å². The Labute approximate surface area is 114 Å². The number of benzene rings is 1. The van der Waals surface area contributed by atoms with E-state index in [-0.39, 0.29) is 6.61 Å². The van der Waals surface area contributed by atoms with Crippen molar-refractivity contribution >= 4 is 6.16 Å². The van der Waals surface area contributed by atoms with Gasteiger partial charge in [-0.25, -0.2) is 4.79 Å². The molecule has 1 aliphatic rings. The molecule has 1 aliphatic heterocycles. The predicted octanol–water partition coefficient (Wildman–Crippen LogP) is 2.83. The predicted molar refractivity (Wildman–Crippen MR) is 72.9 cm³/mol. The van der Waals surface area contributed by atoms with Gasteiger partial charge in [-0.15, -0.1) is 0 Å². The van der Waals surface area contributed by atoms with E-state index in [1.807, 2.05) is 30.3 Å². The average molecular weight is 263 g/mol. The molecule has 4 heteroatoms. The van der Waals surface area contributed by atoms with Gasteiger partial charge < -0.3 is 9.47 Å². The minimum absolute atomic E-state index is 0.267. The molecule has 0 radical (unpaired) electrons. The van der Waals surface area contributed by atoms with Crippen molar-refractivity contribution in [2.75, 3.05) is 26.2 Å². The van der Waals surface area contributed by atoms with Crippen molar-refractivity contribution in [3.05, 3.63) is 35.9 Å². The van der Waals surface area contributed by atoms with Crippen LogP contribution in [-0.4, -0.2) is 37.3 Å². The summed E-state index contributed by atoms with van der Waals surface area (Å²) in [5, 5.41) is 0. The van der Waals surface area contributed by atoms with E-state index in [1.54, 1.807) is 0 Å². The lowest BCUT2D eigenvalue weighted by Crippen LogP contribution is -2.33. The topological polar surface area (TPSA) is 38.8 Å². The minimum Gasteiger partial charge on any atom is -0.433 e. The fraction of sp³-hybridized carbons (Fsp3) is 0.533. The highest BCUT2D eigenvalue weighted by Crippen LogP contribution is 2.08. The normalized spacial score (nSPS) is 16.0. The summed E-state index contributed by atoms with van der Waals surface area (Å²) in [6, 6.07) is 9.60. The minimum atomic E-state index is -0.583. The largest absolute Gasteiger partial charge is 0.508 e. The van der Waals surface area contributed by atoms with Gasteiger partial charge in [-0.1, -0.05) is 36.8 Å². The van der Waals surface area contributed by atoms with Crippen LogP contribution in [0.25, 0.3) is 0 Å². The lowest BCUT2D eigenvalue weighted by atomic mass is 10.1. The first-order valence-electron chi connectivity index (χ1n) is 6.90. The summed E-state index contributed by atoms with van der Waals surface area (Å²) in [7, 11) is 0. The Morgan fingerprint density at radius 1 is 1.05 bits per heavy atom. The third-order valence-corrected chi connectivity index (χ3v) is 3.28. The van der Waals surface area contributed by atoms with Crippen molar-refractivity contribution in [2.45, 2.75) is 25.9 Å². The van der Waals surface area contributed by atoms with Gasteiger partial charge >= 0.3 is 6.16 Å². The zero-order chi connectivity index (χ0) is 13.3. The summed E-state index contributed by atoms with van der Waals surface area (Å²) < 4.78 is 10.1. The van der Waals surface area contributed by atoms with E-state index in [0.29, 0.717) is 6.61 Å². The molecule has 19 heavy (non-hydrogen) atoms. The van der Waals surface area contributed by atoms with Crippen molar-refractivity contribution in [3.8, 4) is 0 Å². The van der Waals surface area contributed by atoms with Gasteiger partial charge in [-0.3, -0.25) is 4.90 Å². The fourth-order valence-electron chi connectivity index (χ4n) is 2.20. The standard InChI is InChI=1S/C15H21NO3/c17-15(19-13-14-7-3-1-4-8-14)18-12-11-16-9-5-2-6-10-16/h1,3-4,7-8H,2,5-6,9-13H2. The second kappa shape index (κ2) is 7.79. The number of nitrogens with zero attached hydrogens (tertiary/aromatic N) is 1. The molecule has 1 heterocycles. The van der Waals surface area contributed by atoms with Crippen LogP contribution in [0, 0.1) is 0 Å². The monoisotopic (exact) mass is 263 g/mol. The highest BCUT2D eigenvalue weighted by Gasteiger charge is 2.11. The molecule has 0 amide bonds. The van der Waals surface area contributed by atoms with E-state index in [2.05, 4.69) is 4.90 Å². The van der Waals surface area contributed by atoms with Gasteiger partial charge in [0.15, 0.2) is 0 Å². The number of piperidine rings is 1. The smallest absolute Gasteiger partial charge is 0.433 e. The van der Waals surface area contributed by atoms with Gasteiger partial charge in [0, 0.05) is 6.54 Å². The highest BCUT2D eigenvalue weighted by molar-refractivity contribution is 5.59. The Balaban J connectivity index is 1.57. The van der Waals surface area contributed by atoms with Crippen LogP contribution in [0.15, 0.2) is 30.3 Å². The Morgan fingerprint density at radius 2 is 1.79 bits per heavy atom. The van der Waals surface area contributed by atoms with Gasteiger partial charge in [0.25, 0.3) is 0 Å². The summed E-state index contributed by atoms with van der Waals surface area (Å²) in [6.07, 6.45) is 3.23. The third kappa shape index (κ3) is 5.30. The zero-order valence-corrected chi connectivity index (χ0v) is 11.2. The zero-order valence-electron chi connectivity index (χ0n) is 11.2. The van der Waals surface area contributed by atoms with Crippen LogP contribution in [0.2, 0.25) is 0 Å². The number of hydrogen-bond donors (Lipinski definition) is 0. The molecule has 0 unspecified atom stereocenters. The first-order chi connectivity index (χ1) is 9.34. The van der Waals surface area contributed by atoms with Crippen LogP contribution in [0.5, 0.6) is 0 Å². The Kier molecular flexibility index (Phi) is 5.69. The van der Waals surface area contributed by atoms with Crippen LogP contribution in [0.4, 0.5) is 4.79 Å².